The van der Waals surface area contributed by atoms with Crippen LogP contribution in [0.25, 0.3) is 5.69 Å². The highest BCUT2D eigenvalue weighted by molar-refractivity contribution is 5.64. The molecule has 34 heavy (non-hydrogen) atoms. The second-order valence-electron chi connectivity index (χ2n) is 8.52. The number of halogens is 1. The highest BCUT2D eigenvalue weighted by atomic mass is 19.1. The third-order valence-electron chi connectivity index (χ3n) is 6.51. The zero-order valence-electron chi connectivity index (χ0n) is 19.4. The van der Waals surface area contributed by atoms with E-state index in [0.29, 0.717) is 24.8 Å². The number of likely N-dealkylation sites (N-methyl/N-ethyl adjacent to an activating group) is 1. The van der Waals surface area contributed by atoms with Crippen molar-refractivity contribution in [3.8, 4) is 11.4 Å². The lowest BCUT2D eigenvalue weighted by molar-refractivity contribution is 0.0905. The van der Waals surface area contributed by atoms with E-state index in [9.17, 15) is 4.39 Å². The van der Waals surface area contributed by atoms with Crippen LogP contribution in [0.5, 0.6) is 5.75 Å². The van der Waals surface area contributed by atoms with Gasteiger partial charge in [-0.2, -0.15) is 5.10 Å². The highest BCUT2D eigenvalue weighted by Gasteiger charge is 2.41. The maximum atomic E-state index is 13.6. The predicted octanol–water partition coefficient (Wildman–Crippen LogP) is 2.07. The number of rotatable bonds is 4. The van der Waals surface area contributed by atoms with Crippen LogP contribution in [0.1, 0.15) is 17.3 Å². The maximum Gasteiger partial charge on any atom is 0.147 e. The summed E-state index contributed by atoms with van der Waals surface area (Å²) in [5.74, 6) is 0.851. The summed E-state index contributed by atoms with van der Waals surface area (Å²) in [6.45, 7) is 2.67. The number of nitrogens with zero attached hydrogens (tertiary/aromatic N) is 5. The number of benzene rings is 2. The molecule has 1 aromatic heterocycles. The Balaban J connectivity index is 1.64. The first kappa shape index (κ1) is 22.5. The molecule has 0 bridgehead atoms. The molecule has 3 atom stereocenters. The molecule has 0 saturated heterocycles. The largest absolute Gasteiger partial charge is 0.494 e. The minimum Gasteiger partial charge on any atom is -0.494 e. The monoisotopic (exact) mass is 465 g/mol. The van der Waals surface area contributed by atoms with E-state index < -0.39 is 12.5 Å². The van der Waals surface area contributed by atoms with Gasteiger partial charge in [0, 0.05) is 28.9 Å². The Labute approximate surface area is 197 Å². The Kier molecular flexibility index (Phi) is 5.82. The van der Waals surface area contributed by atoms with Crippen LogP contribution in [-0.2, 0) is 4.74 Å². The van der Waals surface area contributed by atoms with Crippen LogP contribution in [0, 0.1) is 12.7 Å². The van der Waals surface area contributed by atoms with Gasteiger partial charge in [-0.1, -0.05) is 12.1 Å². The second kappa shape index (κ2) is 8.80. The van der Waals surface area contributed by atoms with Gasteiger partial charge in [-0.3, -0.25) is 10.6 Å². The Bertz CT molecular complexity index is 1230. The zero-order valence-corrected chi connectivity index (χ0v) is 19.4. The molecule has 0 fully saturated rings. The van der Waals surface area contributed by atoms with E-state index in [1.54, 1.807) is 30.3 Å². The first-order valence-electron chi connectivity index (χ1n) is 11.0. The van der Waals surface area contributed by atoms with E-state index in [1.165, 1.54) is 12.1 Å². The molecule has 0 amide bonds. The van der Waals surface area contributed by atoms with E-state index in [4.69, 9.17) is 20.9 Å². The minimum atomic E-state index is -0.529. The van der Waals surface area contributed by atoms with E-state index >= 15 is 0 Å². The number of methoxy groups -OCH3 is 1. The van der Waals surface area contributed by atoms with Gasteiger partial charge in [0.2, 0.25) is 0 Å². The van der Waals surface area contributed by atoms with Crippen molar-refractivity contribution in [3.05, 3.63) is 77.3 Å². The number of hydrogen-bond donors (Lipinski definition) is 2. The Morgan fingerprint density at radius 2 is 1.91 bits per heavy atom. The summed E-state index contributed by atoms with van der Waals surface area (Å²) < 4.78 is 27.0. The SMILES string of the molecule is COc1cc(N2C3=C(COCC3c3ccc(F)cc3)C(N)N(C)C2N)ccc1-n1cnc(C)n1. The molecule has 0 radical (unpaired) electrons. The molecule has 10 heteroatoms. The third kappa shape index (κ3) is 3.74. The van der Waals surface area contributed by atoms with Gasteiger partial charge in [0.1, 0.15) is 35.7 Å². The molecule has 4 N–H and O–H groups in total. The number of hydrogen-bond acceptors (Lipinski definition) is 8. The van der Waals surface area contributed by atoms with Crippen molar-refractivity contribution in [2.24, 2.45) is 11.5 Å². The van der Waals surface area contributed by atoms with Gasteiger partial charge in [0.25, 0.3) is 0 Å². The zero-order chi connectivity index (χ0) is 24.0. The van der Waals surface area contributed by atoms with Gasteiger partial charge >= 0.3 is 0 Å². The quantitative estimate of drug-likeness (QED) is 0.603. The van der Waals surface area contributed by atoms with E-state index in [-0.39, 0.29) is 11.7 Å². The smallest absolute Gasteiger partial charge is 0.147 e. The second-order valence-corrected chi connectivity index (χ2v) is 8.52. The molecular formula is C24H28FN7O2. The van der Waals surface area contributed by atoms with Crippen LogP contribution in [-0.4, -0.2) is 59.5 Å². The van der Waals surface area contributed by atoms with Gasteiger partial charge in [0.05, 0.1) is 26.5 Å². The molecule has 2 aliphatic heterocycles. The van der Waals surface area contributed by atoms with Crippen LogP contribution in [0.15, 0.2) is 60.1 Å². The van der Waals surface area contributed by atoms with Gasteiger partial charge in [-0.25, -0.2) is 14.1 Å². The summed E-state index contributed by atoms with van der Waals surface area (Å²) in [6.07, 6.45) is 0.721. The molecule has 0 aliphatic carbocycles. The fraction of sp³-hybridized carbons (Fsp3) is 0.333. The molecule has 0 spiro atoms. The number of anilines is 1. The summed E-state index contributed by atoms with van der Waals surface area (Å²) in [5.41, 5.74) is 17.7. The number of aryl methyl sites for hydroxylation is 1. The molecule has 2 aliphatic rings. The van der Waals surface area contributed by atoms with Crippen molar-refractivity contribution in [2.45, 2.75) is 25.3 Å². The third-order valence-corrected chi connectivity index (χ3v) is 6.51. The predicted molar refractivity (Wildman–Crippen MR) is 126 cm³/mol. The minimum absolute atomic E-state index is 0.154. The highest BCUT2D eigenvalue weighted by Crippen LogP contribution is 2.42. The molecule has 178 valence electrons. The van der Waals surface area contributed by atoms with Crippen molar-refractivity contribution >= 4 is 5.69 Å². The Hall–Kier alpha value is -3.31. The average molecular weight is 466 g/mol. The van der Waals surface area contributed by atoms with Crippen molar-refractivity contribution in [1.82, 2.24) is 19.7 Å². The molecule has 9 nitrogen and oxygen atoms in total. The molecule has 3 aromatic rings. The van der Waals surface area contributed by atoms with Crippen LogP contribution in [0.4, 0.5) is 10.1 Å². The van der Waals surface area contributed by atoms with Gasteiger partial charge in [-0.15, -0.1) is 0 Å². The number of nitrogens with two attached hydrogens (primary N) is 2. The normalized spacial score (nSPS) is 23.2. The van der Waals surface area contributed by atoms with Gasteiger partial charge in [0.15, 0.2) is 0 Å². The van der Waals surface area contributed by atoms with Crippen molar-refractivity contribution < 1.29 is 13.9 Å². The first-order chi connectivity index (χ1) is 16.4. The van der Waals surface area contributed by atoms with Crippen molar-refractivity contribution in [3.63, 3.8) is 0 Å². The standard InChI is InChI=1S/C24H28FN7O2/c1-14-28-13-31(29-14)20-9-8-17(10-21(20)33-3)32-22-18(15-4-6-16(25)7-5-15)11-34-12-19(22)23(26)30(2)24(32)27/h4-10,13,18,23-24H,11-12,26-27H2,1-3H3. The molecular weight excluding hydrogens is 437 g/mol. The van der Waals surface area contributed by atoms with Crippen molar-refractivity contribution in [1.29, 1.82) is 0 Å². The summed E-state index contributed by atoms with van der Waals surface area (Å²) in [5, 5.41) is 4.40. The molecule has 3 heterocycles. The summed E-state index contributed by atoms with van der Waals surface area (Å²) in [6, 6.07) is 12.3. The summed E-state index contributed by atoms with van der Waals surface area (Å²) >= 11 is 0. The molecule has 0 saturated carbocycles. The van der Waals surface area contributed by atoms with Gasteiger partial charge < -0.3 is 20.1 Å². The van der Waals surface area contributed by atoms with Crippen LogP contribution >= 0.6 is 0 Å². The fourth-order valence-electron chi connectivity index (χ4n) is 4.67. The average Bonchev–Trinajstić information content (AvgIpc) is 3.29. The lowest BCUT2D eigenvalue weighted by Gasteiger charge is -2.50. The summed E-state index contributed by atoms with van der Waals surface area (Å²) in [4.78, 5) is 8.17. The Morgan fingerprint density at radius 3 is 2.59 bits per heavy atom. The molecule has 3 unspecified atom stereocenters. The fourth-order valence-corrected chi connectivity index (χ4v) is 4.67. The number of ether oxygens (including phenoxy) is 2. The van der Waals surface area contributed by atoms with Gasteiger partial charge in [-0.05, 0) is 43.8 Å². The Morgan fingerprint density at radius 1 is 1.15 bits per heavy atom. The van der Waals surface area contributed by atoms with Crippen LogP contribution < -0.4 is 21.1 Å². The molecule has 2 aromatic carbocycles. The van der Waals surface area contributed by atoms with E-state index in [0.717, 1.165) is 28.2 Å². The van der Waals surface area contributed by atoms with Crippen LogP contribution in [0.2, 0.25) is 0 Å². The first-order valence-corrected chi connectivity index (χ1v) is 11.0. The van der Waals surface area contributed by atoms with Crippen molar-refractivity contribution in [2.75, 3.05) is 32.3 Å². The maximum absolute atomic E-state index is 13.6. The van der Waals surface area contributed by atoms with E-state index in [2.05, 4.69) is 15.0 Å². The summed E-state index contributed by atoms with van der Waals surface area (Å²) in [7, 11) is 3.50. The topological polar surface area (TPSA) is 108 Å². The molecule has 5 rings (SSSR count). The lowest BCUT2D eigenvalue weighted by atomic mass is 9.88. The number of aromatic nitrogens is 3. The van der Waals surface area contributed by atoms with Crippen LogP contribution in [0.3, 0.4) is 0 Å². The lowest BCUT2D eigenvalue weighted by Crippen LogP contribution is -2.64. The van der Waals surface area contributed by atoms with E-state index in [1.807, 2.05) is 37.1 Å².